The molecule has 136 valence electrons. The normalized spacial score (nSPS) is 16.7. The van der Waals surface area contributed by atoms with E-state index in [4.69, 9.17) is 11.6 Å². The van der Waals surface area contributed by atoms with E-state index >= 15 is 0 Å². The molecule has 0 saturated carbocycles. The Kier molecular flexibility index (Phi) is 5.47. The predicted molar refractivity (Wildman–Crippen MR) is 103 cm³/mol. The predicted octanol–water partition coefficient (Wildman–Crippen LogP) is 3.56. The number of aryl methyl sites for hydroxylation is 2. The lowest BCUT2D eigenvalue weighted by Gasteiger charge is -2.18. The van der Waals surface area contributed by atoms with Gasteiger partial charge in [-0.25, -0.2) is 4.79 Å². The highest BCUT2D eigenvalue weighted by Crippen LogP contribution is 2.24. The number of rotatable bonds is 4. The molecule has 1 aliphatic heterocycles. The van der Waals surface area contributed by atoms with E-state index < -0.39 is 0 Å². The summed E-state index contributed by atoms with van der Waals surface area (Å²) < 4.78 is 0. The quantitative estimate of drug-likeness (QED) is 0.863. The molecule has 1 fully saturated rings. The number of urea groups is 1. The van der Waals surface area contributed by atoms with Crippen molar-refractivity contribution in [3.8, 4) is 0 Å². The summed E-state index contributed by atoms with van der Waals surface area (Å²) >= 11 is 5.85. The monoisotopic (exact) mass is 371 g/mol. The van der Waals surface area contributed by atoms with Crippen molar-refractivity contribution in [3.63, 3.8) is 0 Å². The van der Waals surface area contributed by atoms with Crippen LogP contribution >= 0.6 is 11.6 Å². The minimum absolute atomic E-state index is 0.0243. The van der Waals surface area contributed by atoms with E-state index in [1.54, 1.807) is 17.0 Å². The smallest absolute Gasteiger partial charge is 0.315 e. The van der Waals surface area contributed by atoms with Crippen LogP contribution in [-0.4, -0.2) is 24.5 Å². The van der Waals surface area contributed by atoms with Gasteiger partial charge in [0.05, 0.1) is 6.04 Å². The zero-order valence-electron chi connectivity index (χ0n) is 14.9. The summed E-state index contributed by atoms with van der Waals surface area (Å²) in [5, 5.41) is 6.35. The second kappa shape index (κ2) is 7.79. The van der Waals surface area contributed by atoms with Crippen LogP contribution in [0.2, 0.25) is 5.02 Å². The maximum Gasteiger partial charge on any atom is 0.315 e. The molecule has 0 aromatic heterocycles. The van der Waals surface area contributed by atoms with Crippen molar-refractivity contribution in [2.45, 2.75) is 32.9 Å². The maximum absolute atomic E-state index is 12.3. The largest absolute Gasteiger partial charge is 0.334 e. The van der Waals surface area contributed by atoms with E-state index in [0.717, 1.165) is 16.8 Å². The van der Waals surface area contributed by atoms with Gasteiger partial charge in [0, 0.05) is 30.2 Å². The summed E-state index contributed by atoms with van der Waals surface area (Å²) in [6.45, 7) is 4.96. The number of hydrogen-bond donors (Lipinski definition) is 2. The molecule has 0 radical (unpaired) electrons. The molecule has 3 rings (SSSR count). The molecule has 0 bridgehead atoms. The van der Waals surface area contributed by atoms with Crippen molar-refractivity contribution in [3.05, 3.63) is 64.2 Å². The van der Waals surface area contributed by atoms with Gasteiger partial charge in [0.25, 0.3) is 0 Å². The maximum atomic E-state index is 12.3. The van der Waals surface area contributed by atoms with Crippen LogP contribution in [0.4, 0.5) is 10.5 Å². The molecule has 1 aliphatic rings. The highest BCUT2D eigenvalue weighted by atomic mass is 35.5. The molecule has 2 aromatic carbocycles. The van der Waals surface area contributed by atoms with Crippen molar-refractivity contribution in [2.24, 2.45) is 0 Å². The van der Waals surface area contributed by atoms with Crippen LogP contribution in [0.25, 0.3) is 0 Å². The summed E-state index contributed by atoms with van der Waals surface area (Å²) in [6.07, 6.45) is 0.307. The zero-order chi connectivity index (χ0) is 18.7. The van der Waals surface area contributed by atoms with E-state index in [1.165, 1.54) is 5.56 Å². The first-order valence-electron chi connectivity index (χ1n) is 8.59. The molecular weight excluding hydrogens is 350 g/mol. The number of amides is 3. The topological polar surface area (TPSA) is 61.4 Å². The van der Waals surface area contributed by atoms with Gasteiger partial charge in [-0.3, -0.25) is 4.79 Å². The number of hydrogen-bond acceptors (Lipinski definition) is 2. The Morgan fingerprint density at radius 1 is 1.15 bits per heavy atom. The zero-order valence-corrected chi connectivity index (χ0v) is 15.6. The highest BCUT2D eigenvalue weighted by Gasteiger charge is 2.31. The lowest BCUT2D eigenvalue weighted by Crippen LogP contribution is -2.43. The fourth-order valence-corrected chi connectivity index (χ4v) is 3.09. The number of halogens is 1. The van der Waals surface area contributed by atoms with Crippen LogP contribution in [0.5, 0.6) is 0 Å². The summed E-state index contributed by atoms with van der Waals surface area (Å²) in [4.78, 5) is 26.2. The van der Waals surface area contributed by atoms with Gasteiger partial charge >= 0.3 is 6.03 Å². The molecule has 1 atom stereocenters. The molecule has 0 unspecified atom stereocenters. The molecule has 1 saturated heterocycles. The van der Waals surface area contributed by atoms with Gasteiger partial charge in [-0.1, -0.05) is 29.8 Å². The van der Waals surface area contributed by atoms with Gasteiger partial charge in [0.1, 0.15) is 0 Å². The van der Waals surface area contributed by atoms with Gasteiger partial charge in [-0.05, 0) is 54.8 Å². The third kappa shape index (κ3) is 4.35. The minimum atomic E-state index is -0.278. The van der Waals surface area contributed by atoms with Gasteiger partial charge in [0.2, 0.25) is 5.91 Å². The molecule has 26 heavy (non-hydrogen) atoms. The Hall–Kier alpha value is -2.53. The summed E-state index contributed by atoms with van der Waals surface area (Å²) in [5.74, 6) is 0.0243. The fourth-order valence-electron chi connectivity index (χ4n) is 2.97. The number of carbonyl (C=O) groups is 2. The Balaban J connectivity index is 1.54. The lowest BCUT2D eigenvalue weighted by molar-refractivity contribution is -0.117. The molecule has 0 aliphatic carbocycles. The van der Waals surface area contributed by atoms with Crippen LogP contribution in [0.3, 0.4) is 0 Å². The number of nitrogens with zero attached hydrogens (tertiary/aromatic N) is 1. The first-order chi connectivity index (χ1) is 12.4. The van der Waals surface area contributed by atoms with Crippen LogP contribution in [-0.2, 0) is 11.3 Å². The van der Waals surface area contributed by atoms with Gasteiger partial charge in [-0.2, -0.15) is 0 Å². The van der Waals surface area contributed by atoms with Crippen LogP contribution in [0.15, 0.2) is 42.5 Å². The average molecular weight is 372 g/mol. The van der Waals surface area contributed by atoms with Gasteiger partial charge < -0.3 is 15.5 Å². The van der Waals surface area contributed by atoms with Crippen molar-refractivity contribution in [1.82, 2.24) is 10.6 Å². The Morgan fingerprint density at radius 2 is 1.88 bits per heavy atom. The van der Waals surface area contributed by atoms with Crippen molar-refractivity contribution in [1.29, 1.82) is 0 Å². The third-order valence-corrected chi connectivity index (χ3v) is 4.88. The number of anilines is 1. The number of nitrogens with one attached hydrogen (secondary N) is 2. The molecular formula is C20H22ClN3O2. The van der Waals surface area contributed by atoms with Crippen LogP contribution in [0.1, 0.15) is 23.1 Å². The standard InChI is InChI=1S/C20H22ClN3O2/c1-13-3-8-18(9-14(13)2)24-12-17(10-19(24)25)23-20(26)22-11-15-4-6-16(21)7-5-15/h3-9,17H,10-12H2,1-2H3,(H2,22,23,26)/t17-/m0/s1. The number of benzene rings is 2. The third-order valence-electron chi connectivity index (χ3n) is 4.63. The van der Waals surface area contributed by atoms with E-state index in [0.29, 0.717) is 24.5 Å². The fraction of sp³-hybridized carbons (Fsp3) is 0.300. The van der Waals surface area contributed by atoms with Crippen LogP contribution in [0, 0.1) is 13.8 Å². The second-order valence-corrected chi connectivity index (χ2v) is 7.06. The van der Waals surface area contributed by atoms with E-state index in [9.17, 15) is 9.59 Å². The second-order valence-electron chi connectivity index (χ2n) is 6.63. The molecule has 3 amide bonds. The van der Waals surface area contributed by atoms with Gasteiger partial charge in [0.15, 0.2) is 0 Å². The first-order valence-corrected chi connectivity index (χ1v) is 8.96. The SMILES string of the molecule is Cc1ccc(N2C[C@@H](NC(=O)NCc3ccc(Cl)cc3)CC2=O)cc1C. The number of carbonyl (C=O) groups excluding carboxylic acids is 2. The average Bonchev–Trinajstić information content (AvgIpc) is 2.97. The van der Waals surface area contributed by atoms with Crippen molar-refractivity contribution in [2.75, 3.05) is 11.4 Å². The molecule has 2 aromatic rings. The molecule has 6 heteroatoms. The highest BCUT2D eigenvalue weighted by molar-refractivity contribution is 6.30. The van der Waals surface area contributed by atoms with Crippen LogP contribution < -0.4 is 15.5 Å². The summed E-state index contributed by atoms with van der Waals surface area (Å²) in [5.41, 5.74) is 4.18. The van der Waals surface area contributed by atoms with E-state index in [1.807, 2.05) is 44.2 Å². The molecule has 2 N–H and O–H groups in total. The molecule has 0 spiro atoms. The van der Waals surface area contributed by atoms with E-state index in [-0.39, 0.29) is 18.0 Å². The Bertz CT molecular complexity index is 820. The summed E-state index contributed by atoms with van der Waals surface area (Å²) in [6, 6.07) is 12.8. The summed E-state index contributed by atoms with van der Waals surface area (Å²) in [7, 11) is 0. The van der Waals surface area contributed by atoms with Crippen molar-refractivity contribution < 1.29 is 9.59 Å². The first kappa shape index (κ1) is 18.3. The van der Waals surface area contributed by atoms with Crippen molar-refractivity contribution >= 4 is 29.2 Å². The Morgan fingerprint density at radius 3 is 2.58 bits per heavy atom. The molecule has 5 nitrogen and oxygen atoms in total. The Labute approximate surface area is 158 Å². The minimum Gasteiger partial charge on any atom is -0.334 e. The lowest BCUT2D eigenvalue weighted by atomic mass is 10.1. The van der Waals surface area contributed by atoms with Gasteiger partial charge in [-0.15, -0.1) is 0 Å². The molecule has 1 heterocycles. The van der Waals surface area contributed by atoms with E-state index in [2.05, 4.69) is 10.6 Å².